The number of benzene rings is 4. The van der Waals surface area contributed by atoms with E-state index in [0.29, 0.717) is 25.0 Å². The van der Waals surface area contributed by atoms with Gasteiger partial charge in [0.1, 0.15) is 0 Å². The maximum Gasteiger partial charge on any atom is 0.330 e. The number of carbonyl (C=O) groups excluding carboxylic acids is 2. The van der Waals surface area contributed by atoms with E-state index in [1.54, 1.807) is 0 Å². The molecule has 3 unspecified atom stereocenters. The molecule has 0 amide bonds. The van der Waals surface area contributed by atoms with Gasteiger partial charge >= 0.3 is 11.9 Å². The molecule has 6 bridgehead atoms. The minimum Gasteiger partial charge on any atom is -0.456 e. The molecule has 2 aliphatic carbocycles. The maximum atomic E-state index is 13.4. The molecule has 4 aromatic carbocycles. The molecule has 0 N–H and O–H groups in total. The first kappa shape index (κ1) is 98.6. The summed E-state index contributed by atoms with van der Waals surface area (Å²) in [5.41, 5.74) is 4.38. The fraction of sp³-hybridized carbons (Fsp3) is 0.571. The van der Waals surface area contributed by atoms with Crippen molar-refractivity contribution in [1.29, 1.82) is 0 Å². The van der Waals surface area contributed by atoms with Crippen LogP contribution in [0.5, 0.6) is 0 Å². The van der Waals surface area contributed by atoms with Gasteiger partial charge < -0.3 is 28.4 Å². The van der Waals surface area contributed by atoms with Crippen LogP contribution < -0.4 is 0 Å². The molecular weight excluding hydrogens is 969 g/mol. The molecule has 8 nitrogen and oxygen atoms in total. The number of rotatable bonds is 12. The second-order valence-corrected chi connectivity index (χ2v) is 17.5. The molecule has 0 aromatic heterocycles. The molecule has 10 rings (SSSR count). The number of allylic oxidation sites excluding steroid dienone is 2. The average molecular weight is 1100 g/mol. The Balaban J connectivity index is -0.000000104. The number of hydrogen-bond acceptors (Lipinski definition) is 8. The first-order valence-corrected chi connectivity index (χ1v) is 21.3. The van der Waals surface area contributed by atoms with Gasteiger partial charge in [-0.3, -0.25) is 4.79 Å². The lowest BCUT2D eigenvalue weighted by molar-refractivity contribution is -0.227. The van der Waals surface area contributed by atoms with Crippen molar-refractivity contribution in [2.75, 3.05) is 13.2 Å². The van der Waals surface area contributed by atoms with Crippen molar-refractivity contribution in [3.05, 3.63) is 168 Å². The zero-order valence-corrected chi connectivity index (χ0v) is 33.5. The molecule has 4 heterocycles. The van der Waals surface area contributed by atoms with Crippen molar-refractivity contribution < 1.29 is 38.0 Å². The summed E-state index contributed by atoms with van der Waals surface area (Å²) in [5, 5.41) is 0. The van der Waals surface area contributed by atoms with E-state index in [1.807, 2.05) is 48.5 Å². The smallest absolute Gasteiger partial charge is 0.330 e. The second-order valence-electron chi connectivity index (χ2n) is 17.5. The van der Waals surface area contributed by atoms with E-state index in [2.05, 4.69) is 91.5 Å². The third-order valence-electron chi connectivity index (χ3n) is 13.3. The number of ether oxygens (including phenoxy) is 6. The Bertz CT molecular complexity index is 1990. The molecule has 78 heavy (non-hydrogen) atoms. The number of esters is 2. The molecule has 0 spiro atoms. The summed E-state index contributed by atoms with van der Waals surface area (Å²) in [4.78, 5) is 25.5. The van der Waals surface area contributed by atoms with Crippen molar-refractivity contribution in [2.45, 2.75) is 229 Å². The van der Waals surface area contributed by atoms with Crippen LogP contribution in [-0.4, -0.2) is 62.1 Å². The topological polar surface area (TPSA) is 89.5 Å². The number of carbonyl (C=O) groups is 2. The highest BCUT2D eigenvalue weighted by atomic mass is 16.8. The molecule has 5 fully saturated rings. The predicted molar refractivity (Wildman–Crippen MR) is 351 cm³/mol. The van der Waals surface area contributed by atoms with Crippen LogP contribution in [-0.2, 0) is 63.7 Å². The zero-order chi connectivity index (χ0) is 40.2. The molecule has 458 valence electrons. The predicted octanol–water partition coefficient (Wildman–Crippen LogP) is 20.5. The van der Waals surface area contributed by atoms with Crippen LogP contribution in [0.4, 0.5) is 0 Å². The Morgan fingerprint density at radius 2 is 0.782 bits per heavy atom. The van der Waals surface area contributed by atoms with Gasteiger partial charge in [-0.05, 0) is 85.5 Å². The number of fused-ring (bicyclic) bond motifs is 6. The summed E-state index contributed by atoms with van der Waals surface area (Å²) >= 11 is 0. The summed E-state index contributed by atoms with van der Waals surface area (Å²) in [6, 6.07) is 41.8. The summed E-state index contributed by atoms with van der Waals surface area (Å²) in [5.74, 6) is 0.311. The Morgan fingerprint density at radius 3 is 1.06 bits per heavy atom. The monoisotopic (exact) mass is 1100 g/mol. The Morgan fingerprint density at radius 1 is 0.462 bits per heavy atom. The second kappa shape index (κ2) is 44.0. The van der Waals surface area contributed by atoms with Gasteiger partial charge in [-0.25, -0.2) is 4.79 Å². The van der Waals surface area contributed by atoms with Crippen LogP contribution in [0.1, 0.15) is 189 Å². The third-order valence-corrected chi connectivity index (χ3v) is 13.3. The van der Waals surface area contributed by atoms with E-state index in [0.717, 1.165) is 51.4 Å². The summed E-state index contributed by atoms with van der Waals surface area (Å²) in [7, 11) is 0. The fourth-order valence-corrected chi connectivity index (χ4v) is 10.8. The van der Waals surface area contributed by atoms with Crippen LogP contribution in [0.25, 0.3) is 0 Å². The molecule has 6 aliphatic rings. The zero-order valence-electron chi connectivity index (χ0n) is 33.5. The van der Waals surface area contributed by atoms with Gasteiger partial charge in [-0.2, -0.15) is 0 Å². The lowest BCUT2D eigenvalue weighted by Crippen LogP contribution is -2.54. The minimum atomic E-state index is -0.528. The van der Waals surface area contributed by atoms with Crippen molar-refractivity contribution in [2.24, 2.45) is 28.6 Å². The molecule has 8 heteroatoms. The van der Waals surface area contributed by atoms with Gasteiger partial charge in [0.25, 0.3) is 0 Å². The van der Waals surface area contributed by atoms with Gasteiger partial charge in [0.2, 0.25) is 0 Å². The van der Waals surface area contributed by atoms with Crippen molar-refractivity contribution >= 4 is 11.9 Å². The average Bonchev–Trinajstić information content (AvgIpc) is 4.08. The molecule has 4 saturated heterocycles. The van der Waals surface area contributed by atoms with Crippen LogP contribution >= 0.6 is 0 Å². The van der Waals surface area contributed by atoms with Crippen molar-refractivity contribution in [3.8, 4) is 0 Å². The Hall–Kier alpha value is -4.86. The molecular formula is C70H130O8. The molecule has 0 radical (unpaired) electrons. The first-order chi connectivity index (χ1) is 28.9. The van der Waals surface area contributed by atoms with E-state index in [-0.39, 0.29) is 176 Å². The SMILES string of the molecule is C.C.C.C.C.C.C.C.C.C.C.C.C.C.C.C.C.C.C.C=CC(=O)O[C@@H]1[C@@H]2OC[C@H](CC1(Cc1ccccc1)Cc1ccccc1)O2.O=C(O[C@@H]1[C@@H]2OC[C@H](CC1(Cc1ccccc1)Cc1ccccc1)O2)C1CC2C=CC1C2. The third kappa shape index (κ3) is 22.0. The van der Waals surface area contributed by atoms with E-state index < -0.39 is 30.8 Å². The largest absolute Gasteiger partial charge is 0.456 e. The molecule has 4 aliphatic heterocycles. The van der Waals surface area contributed by atoms with Gasteiger partial charge in [-0.15, -0.1) is 0 Å². The van der Waals surface area contributed by atoms with Gasteiger partial charge in [0.05, 0.1) is 31.3 Å². The van der Waals surface area contributed by atoms with E-state index in [4.69, 9.17) is 28.4 Å². The van der Waals surface area contributed by atoms with Crippen LogP contribution in [0.3, 0.4) is 0 Å². The Labute approximate surface area is 487 Å². The Kier molecular flexibility index (Phi) is 55.5. The first-order valence-electron chi connectivity index (χ1n) is 21.3. The quantitative estimate of drug-likeness (QED) is 0.0787. The highest BCUT2D eigenvalue weighted by Crippen LogP contribution is 2.50. The van der Waals surface area contributed by atoms with Crippen molar-refractivity contribution in [3.63, 3.8) is 0 Å². The van der Waals surface area contributed by atoms with Crippen molar-refractivity contribution in [1.82, 2.24) is 0 Å². The minimum absolute atomic E-state index is 0. The highest BCUT2D eigenvalue weighted by molar-refractivity contribution is 5.81. The van der Waals surface area contributed by atoms with Crippen LogP contribution in [0, 0.1) is 28.6 Å². The van der Waals surface area contributed by atoms with E-state index in [9.17, 15) is 9.59 Å². The van der Waals surface area contributed by atoms with E-state index >= 15 is 0 Å². The van der Waals surface area contributed by atoms with Gasteiger partial charge in [0.15, 0.2) is 24.8 Å². The van der Waals surface area contributed by atoms with Crippen LogP contribution in [0.15, 0.2) is 146 Å². The maximum absolute atomic E-state index is 13.4. The normalized spacial score (nSPS) is 22.8. The van der Waals surface area contributed by atoms with Gasteiger partial charge in [-0.1, -0.05) is 281 Å². The summed E-state index contributed by atoms with van der Waals surface area (Å²) in [6.45, 7) is 4.66. The lowest BCUT2D eigenvalue weighted by Gasteiger charge is -2.46. The molecule has 9 atom stereocenters. The fourth-order valence-electron chi connectivity index (χ4n) is 10.8. The molecule has 4 aromatic rings. The van der Waals surface area contributed by atoms with Crippen LogP contribution in [0.2, 0.25) is 0 Å². The van der Waals surface area contributed by atoms with E-state index in [1.165, 1.54) is 28.3 Å². The summed E-state index contributed by atoms with van der Waals surface area (Å²) < 4.78 is 36.2. The highest BCUT2D eigenvalue weighted by Gasteiger charge is 2.57. The molecule has 1 saturated carbocycles. The summed E-state index contributed by atoms with van der Waals surface area (Å²) in [6.07, 6.45) is 10.7. The standard InChI is InChI=1S/C28H30O4.C23H24O4.19CH4/c29-26(24-14-21-11-12-22(24)13-21)32-25-27-30-18-23(31-27)17-28(25,15-19-7-3-1-4-8-19)16-20-9-5-2-6-10-20;1-2-20(24)27-21-22-25-16-19(26-22)15-23(21,13-17-9-5-3-6-10-17)14-18-11-7-4-8-12-18;;;;;;;;;;;;;;;;;;;/h1-12,21-25,27H,13-18H2;2-12,19,21-22H,1,13-16H2;19*1H4/t21?,22?,23-,24?,25+,27+;19-,21+,22+;;;;;;;;;;;;;;;;;;;/m00.................../s1. The number of hydrogen-bond donors (Lipinski definition) is 0. The lowest BCUT2D eigenvalue weighted by atomic mass is 9.67. The van der Waals surface area contributed by atoms with Gasteiger partial charge in [0, 0.05) is 16.9 Å².